The third-order valence-electron chi connectivity index (χ3n) is 2.69. The number of carboxylic acid groups (broad SMARTS) is 1. The SMILES string of the molecule is C#CCN(CC(=O)O)CC(=O)NCCc1ccc(F)cc1. The maximum Gasteiger partial charge on any atom is 0.317 e. The monoisotopic (exact) mass is 292 g/mol. The van der Waals surface area contributed by atoms with Crippen molar-refractivity contribution >= 4 is 11.9 Å². The van der Waals surface area contributed by atoms with E-state index in [0.29, 0.717) is 13.0 Å². The van der Waals surface area contributed by atoms with Gasteiger partial charge in [0, 0.05) is 6.54 Å². The Morgan fingerprint density at radius 3 is 2.52 bits per heavy atom. The van der Waals surface area contributed by atoms with E-state index in [1.165, 1.54) is 17.0 Å². The molecule has 0 aliphatic heterocycles. The van der Waals surface area contributed by atoms with Crippen molar-refractivity contribution < 1.29 is 19.1 Å². The lowest BCUT2D eigenvalue weighted by atomic mass is 10.1. The molecule has 0 unspecified atom stereocenters. The van der Waals surface area contributed by atoms with Crippen molar-refractivity contribution in [1.82, 2.24) is 10.2 Å². The summed E-state index contributed by atoms with van der Waals surface area (Å²) in [7, 11) is 0. The van der Waals surface area contributed by atoms with E-state index in [1.807, 2.05) is 0 Å². The van der Waals surface area contributed by atoms with E-state index >= 15 is 0 Å². The van der Waals surface area contributed by atoms with Crippen molar-refractivity contribution in [2.45, 2.75) is 6.42 Å². The van der Waals surface area contributed by atoms with Gasteiger partial charge in [-0.1, -0.05) is 18.1 Å². The van der Waals surface area contributed by atoms with Gasteiger partial charge in [0.15, 0.2) is 0 Å². The molecule has 0 aromatic heterocycles. The van der Waals surface area contributed by atoms with Gasteiger partial charge in [-0.05, 0) is 24.1 Å². The zero-order valence-corrected chi connectivity index (χ0v) is 11.5. The van der Waals surface area contributed by atoms with Crippen molar-refractivity contribution in [2.75, 3.05) is 26.2 Å². The summed E-state index contributed by atoms with van der Waals surface area (Å²) in [5.74, 6) is 0.673. The number of benzene rings is 1. The van der Waals surface area contributed by atoms with Crippen molar-refractivity contribution in [3.05, 3.63) is 35.6 Å². The molecule has 0 fully saturated rings. The topological polar surface area (TPSA) is 69.6 Å². The molecule has 6 heteroatoms. The van der Waals surface area contributed by atoms with E-state index in [2.05, 4.69) is 11.2 Å². The number of halogens is 1. The number of hydrogen-bond donors (Lipinski definition) is 2. The van der Waals surface area contributed by atoms with Gasteiger partial charge >= 0.3 is 5.97 Å². The van der Waals surface area contributed by atoms with Gasteiger partial charge in [-0.3, -0.25) is 14.5 Å². The van der Waals surface area contributed by atoms with Crippen LogP contribution in [0.2, 0.25) is 0 Å². The Bertz CT molecular complexity index is 523. The first kappa shape index (κ1) is 16.7. The summed E-state index contributed by atoms with van der Waals surface area (Å²) in [5.41, 5.74) is 0.905. The van der Waals surface area contributed by atoms with Crippen molar-refractivity contribution in [1.29, 1.82) is 0 Å². The van der Waals surface area contributed by atoms with Crippen LogP contribution in [0, 0.1) is 18.2 Å². The fourth-order valence-electron chi connectivity index (χ4n) is 1.74. The standard InChI is InChI=1S/C15H17FN2O3/c1-2-9-18(11-15(20)21)10-14(19)17-8-7-12-3-5-13(16)6-4-12/h1,3-6H,7-11H2,(H,17,19)(H,20,21). The predicted octanol–water partition coefficient (Wildman–Crippen LogP) is 0.504. The Hall–Kier alpha value is -2.39. The van der Waals surface area contributed by atoms with Crippen LogP contribution >= 0.6 is 0 Å². The molecular weight excluding hydrogens is 275 g/mol. The summed E-state index contributed by atoms with van der Waals surface area (Å²) >= 11 is 0. The molecule has 5 nitrogen and oxygen atoms in total. The smallest absolute Gasteiger partial charge is 0.317 e. The van der Waals surface area contributed by atoms with E-state index in [4.69, 9.17) is 11.5 Å². The second-order valence-electron chi connectivity index (χ2n) is 4.47. The van der Waals surface area contributed by atoms with Crippen LogP contribution in [-0.2, 0) is 16.0 Å². The molecule has 1 rings (SSSR count). The molecule has 0 radical (unpaired) electrons. The summed E-state index contributed by atoms with van der Waals surface area (Å²) in [5, 5.41) is 11.4. The third-order valence-corrected chi connectivity index (χ3v) is 2.69. The fourth-order valence-corrected chi connectivity index (χ4v) is 1.74. The zero-order chi connectivity index (χ0) is 15.7. The number of rotatable bonds is 8. The quantitative estimate of drug-likeness (QED) is 0.685. The minimum Gasteiger partial charge on any atom is -0.480 e. The minimum absolute atomic E-state index is 0.0695. The molecule has 1 aromatic rings. The molecule has 0 atom stereocenters. The average Bonchev–Trinajstić information content (AvgIpc) is 2.40. The molecule has 2 N–H and O–H groups in total. The first-order valence-corrected chi connectivity index (χ1v) is 6.40. The Morgan fingerprint density at radius 2 is 1.95 bits per heavy atom. The maximum absolute atomic E-state index is 12.7. The number of hydrogen-bond acceptors (Lipinski definition) is 3. The van der Waals surface area contributed by atoms with Crippen LogP contribution in [-0.4, -0.2) is 48.1 Å². The van der Waals surface area contributed by atoms with Crippen molar-refractivity contribution in [3.63, 3.8) is 0 Å². The normalized spacial score (nSPS) is 10.1. The third kappa shape index (κ3) is 7.09. The number of nitrogens with one attached hydrogen (secondary N) is 1. The zero-order valence-electron chi connectivity index (χ0n) is 11.5. The summed E-state index contributed by atoms with van der Waals surface area (Å²) in [6, 6.07) is 6.02. The van der Waals surface area contributed by atoms with Crippen LogP contribution in [0.5, 0.6) is 0 Å². The summed E-state index contributed by atoms with van der Waals surface area (Å²) in [6.45, 7) is 0.134. The van der Waals surface area contributed by atoms with Gasteiger partial charge < -0.3 is 10.4 Å². The minimum atomic E-state index is -1.04. The molecule has 1 amide bonds. The summed E-state index contributed by atoms with van der Waals surface area (Å²) in [6.07, 6.45) is 5.69. The van der Waals surface area contributed by atoms with Crippen LogP contribution in [0.4, 0.5) is 4.39 Å². The number of carboxylic acids is 1. The molecule has 0 bridgehead atoms. The van der Waals surface area contributed by atoms with E-state index in [9.17, 15) is 14.0 Å². The summed E-state index contributed by atoms with van der Waals surface area (Å²) < 4.78 is 12.7. The highest BCUT2D eigenvalue weighted by Gasteiger charge is 2.12. The summed E-state index contributed by atoms with van der Waals surface area (Å²) in [4.78, 5) is 23.7. The number of terminal acetylenes is 1. The Morgan fingerprint density at radius 1 is 1.29 bits per heavy atom. The first-order valence-electron chi connectivity index (χ1n) is 6.40. The number of carbonyl (C=O) groups is 2. The molecule has 0 heterocycles. The number of aliphatic carboxylic acids is 1. The Labute approximate surface area is 122 Å². The second kappa shape index (κ2) is 8.72. The predicted molar refractivity (Wildman–Crippen MR) is 76.0 cm³/mol. The molecule has 112 valence electrons. The van der Waals surface area contributed by atoms with Gasteiger partial charge in [0.05, 0.1) is 19.6 Å². The fraction of sp³-hybridized carbons (Fsp3) is 0.333. The average molecular weight is 292 g/mol. The van der Waals surface area contributed by atoms with Crippen LogP contribution in [0.3, 0.4) is 0 Å². The van der Waals surface area contributed by atoms with E-state index in [1.54, 1.807) is 12.1 Å². The van der Waals surface area contributed by atoms with Gasteiger partial charge in [0.1, 0.15) is 5.82 Å². The van der Waals surface area contributed by atoms with Crippen LogP contribution in [0.15, 0.2) is 24.3 Å². The number of nitrogens with zero attached hydrogens (tertiary/aromatic N) is 1. The Balaban J connectivity index is 2.33. The molecule has 0 aliphatic carbocycles. The number of carbonyl (C=O) groups excluding carboxylic acids is 1. The van der Waals surface area contributed by atoms with Crippen LogP contribution < -0.4 is 5.32 Å². The van der Waals surface area contributed by atoms with E-state index < -0.39 is 5.97 Å². The maximum atomic E-state index is 12.7. The largest absolute Gasteiger partial charge is 0.480 e. The highest BCUT2D eigenvalue weighted by molar-refractivity contribution is 5.79. The molecule has 0 aliphatic rings. The highest BCUT2D eigenvalue weighted by atomic mass is 19.1. The van der Waals surface area contributed by atoms with Gasteiger partial charge in [-0.2, -0.15) is 0 Å². The first-order chi connectivity index (χ1) is 10.0. The van der Waals surface area contributed by atoms with E-state index in [0.717, 1.165) is 5.56 Å². The lowest BCUT2D eigenvalue weighted by Crippen LogP contribution is -2.40. The molecular formula is C15H17FN2O3. The van der Waals surface area contributed by atoms with Gasteiger partial charge in [0.25, 0.3) is 0 Å². The van der Waals surface area contributed by atoms with Crippen LogP contribution in [0.1, 0.15) is 5.56 Å². The molecule has 21 heavy (non-hydrogen) atoms. The van der Waals surface area contributed by atoms with E-state index in [-0.39, 0.29) is 31.4 Å². The lowest BCUT2D eigenvalue weighted by Gasteiger charge is -2.16. The molecule has 0 saturated carbocycles. The van der Waals surface area contributed by atoms with Crippen LogP contribution in [0.25, 0.3) is 0 Å². The molecule has 1 aromatic carbocycles. The Kier molecular flexibility index (Phi) is 6.92. The van der Waals surface area contributed by atoms with Gasteiger partial charge in [-0.25, -0.2) is 4.39 Å². The highest BCUT2D eigenvalue weighted by Crippen LogP contribution is 2.02. The van der Waals surface area contributed by atoms with Gasteiger partial charge in [-0.15, -0.1) is 6.42 Å². The molecule has 0 spiro atoms. The van der Waals surface area contributed by atoms with Gasteiger partial charge in [0.2, 0.25) is 5.91 Å². The molecule has 0 saturated heterocycles. The van der Waals surface area contributed by atoms with Crippen molar-refractivity contribution in [2.24, 2.45) is 0 Å². The second-order valence-corrected chi connectivity index (χ2v) is 4.47. The number of amides is 1. The lowest BCUT2D eigenvalue weighted by molar-refractivity contribution is -0.138. The van der Waals surface area contributed by atoms with Crippen molar-refractivity contribution in [3.8, 4) is 12.3 Å².